The second-order valence-corrected chi connectivity index (χ2v) is 5.70. The third-order valence-electron chi connectivity index (χ3n) is 4.06. The quantitative estimate of drug-likeness (QED) is 0.832. The summed E-state index contributed by atoms with van der Waals surface area (Å²) in [7, 11) is 0. The molecule has 1 atom stereocenters. The zero-order chi connectivity index (χ0) is 14.5. The van der Waals surface area contributed by atoms with Gasteiger partial charge in [-0.2, -0.15) is 0 Å². The third-order valence-corrected chi connectivity index (χ3v) is 4.06. The molecule has 1 aliphatic rings. The number of carbonyl (C=O) groups is 1. The molecule has 20 heavy (non-hydrogen) atoms. The van der Waals surface area contributed by atoms with Gasteiger partial charge in [0.2, 0.25) is 5.91 Å². The van der Waals surface area contributed by atoms with Gasteiger partial charge in [-0.05, 0) is 37.0 Å². The number of halogens is 1. The second kappa shape index (κ2) is 6.84. The van der Waals surface area contributed by atoms with E-state index in [1.807, 2.05) is 0 Å². The lowest BCUT2D eigenvalue weighted by molar-refractivity contribution is -0.120. The molecule has 0 aromatic heterocycles. The van der Waals surface area contributed by atoms with E-state index in [2.05, 4.69) is 5.32 Å². The molecule has 1 unspecified atom stereocenters. The van der Waals surface area contributed by atoms with Gasteiger partial charge in [0.1, 0.15) is 11.9 Å². The molecular weight excluding hydrogens is 255 g/mol. The number of nitrogens with one attached hydrogen (secondary N) is 1. The maximum atomic E-state index is 13.3. The summed E-state index contributed by atoms with van der Waals surface area (Å²) in [6.07, 6.45) is 7.04. The van der Waals surface area contributed by atoms with Crippen molar-refractivity contribution in [2.24, 2.45) is 5.73 Å². The second-order valence-electron chi connectivity index (χ2n) is 5.70. The fourth-order valence-electron chi connectivity index (χ4n) is 2.87. The van der Waals surface area contributed by atoms with E-state index in [4.69, 9.17) is 5.73 Å². The molecule has 0 saturated heterocycles. The van der Waals surface area contributed by atoms with Gasteiger partial charge >= 0.3 is 0 Å². The summed E-state index contributed by atoms with van der Waals surface area (Å²) >= 11 is 0. The summed E-state index contributed by atoms with van der Waals surface area (Å²) < 4.78 is 13.3. The molecule has 1 aromatic rings. The van der Waals surface area contributed by atoms with Crippen molar-refractivity contribution < 1.29 is 9.18 Å². The lowest BCUT2D eigenvalue weighted by Gasteiger charge is -2.23. The molecule has 0 radical (unpaired) electrons. The Kier molecular flexibility index (Phi) is 5.12. The monoisotopic (exact) mass is 278 g/mol. The van der Waals surface area contributed by atoms with Gasteiger partial charge < -0.3 is 5.73 Å². The highest BCUT2D eigenvalue weighted by molar-refractivity contribution is 5.81. The Morgan fingerprint density at radius 2 is 1.95 bits per heavy atom. The Morgan fingerprint density at radius 1 is 1.30 bits per heavy atom. The number of primary amides is 1. The van der Waals surface area contributed by atoms with E-state index < -0.39 is 11.9 Å². The van der Waals surface area contributed by atoms with E-state index in [-0.39, 0.29) is 5.82 Å². The van der Waals surface area contributed by atoms with Crippen molar-refractivity contribution in [2.45, 2.75) is 57.5 Å². The zero-order valence-corrected chi connectivity index (χ0v) is 12.0. The van der Waals surface area contributed by atoms with E-state index >= 15 is 0 Å². The number of carbonyl (C=O) groups excluding carboxylic acids is 1. The average Bonchev–Trinajstić information content (AvgIpc) is 2.67. The van der Waals surface area contributed by atoms with Gasteiger partial charge in [-0.25, -0.2) is 4.39 Å². The minimum atomic E-state index is -0.530. The van der Waals surface area contributed by atoms with Crippen LogP contribution in [0.15, 0.2) is 18.2 Å². The van der Waals surface area contributed by atoms with Crippen LogP contribution >= 0.6 is 0 Å². The predicted molar refractivity (Wildman–Crippen MR) is 77.7 cm³/mol. The van der Waals surface area contributed by atoms with Crippen LogP contribution in [0.4, 0.5) is 4.39 Å². The van der Waals surface area contributed by atoms with Gasteiger partial charge in [-0.15, -0.1) is 0 Å². The fraction of sp³-hybridized carbons (Fsp3) is 0.562. The first-order chi connectivity index (χ1) is 9.58. The van der Waals surface area contributed by atoms with Crippen molar-refractivity contribution in [2.75, 3.05) is 0 Å². The summed E-state index contributed by atoms with van der Waals surface area (Å²) in [6.45, 7) is 1.70. The Bertz CT molecular complexity index is 468. The van der Waals surface area contributed by atoms with Crippen molar-refractivity contribution in [1.29, 1.82) is 0 Å². The number of amides is 1. The minimum Gasteiger partial charge on any atom is -0.368 e. The molecule has 2 rings (SSSR count). The molecule has 3 N–H and O–H groups in total. The molecule has 1 saturated carbocycles. The topological polar surface area (TPSA) is 55.1 Å². The van der Waals surface area contributed by atoms with Crippen LogP contribution in [0.5, 0.6) is 0 Å². The number of rotatable bonds is 4. The van der Waals surface area contributed by atoms with Crippen LogP contribution < -0.4 is 11.1 Å². The van der Waals surface area contributed by atoms with Gasteiger partial charge in [-0.3, -0.25) is 10.1 Å². The van der Waals surface area contributed by atoms with Crippen molar-refractivity contribution in [3.63, 3.8) is 0 Å². The van der Waals surface area contributed by atoms with Crippen molar-refractivity contribution >= 4 is 5.91 Å². The number of aryl methyl sites for hydroxylation is 1. The molecule has 1 fully saturated rings. The molecule has 0 spiro atoms. The molecule has 0 bridgehead atoms. The van der Waals surface area contributed by atoms with Crippen molar-refractivity contribution in [1.82, 2.24) is 5.32 Å². The number of hydrogen-bond donors (Lipinski definition) is 2. The molecule has 1 aliphatic carbocycles. The highest BCUT2D eigenvalue weighted by atomic mass is 19.1. The first-order valence-corrected chi connectivity index (χ1v) is 7.39. The summed E-state index contributed by atoms with van der Waals surface area (Å²) in [5.74, 6) is -0.660. The van der Waals surface area contributed by atoms with Crippen LogP contribution in [0, 0.1) is 12.7 Å². The van der Waals surface area contributed by atoms with E-state index in [9.17, 15) is 9.18 Å². The SMILES string of the molecule is Cc1cc(C(NC2CCCCCC2)C(N)=O)ccc1F. The first-order valence-electron chi connectivity index (χ1n) is 7.39. The van der Waals surface area contributed by atoms with Gasteiger partial charge in [0.15, 0.2) is 0 Å². The molecule has 1 aromatic carbocycles. The molecule has 4 heteroatoms. The van der Waals surface area contributed by atoms with E-state index in [1.165, 1.54) is 31.7 Å². The lowest BCUT2D eigenvalue weighted by Crippen LogP contribution is -2.40. The maximum Gasteiger partial charge on any atom is 0.239 e. The van der Waals surface area contributed by atoms with E-state index in [1.54, 1.807) is 19.1 Å². The number of nitrogens with two attached hydrogens (primary N) is 1. The third kappa shape index (κ3) is 3.79. The van der Waals surface area contributed by atoms with Gasteiger partial charge in [0, 0.05) is 6.04 Å². The molecular formula is C16H23FN2O. The highest BCUT2D eigenvalue weighted by Gasteiger charge is 2.23. The van der Waals surface area contributed by atoms with Crippen molar-refractivity contribution in [3.05, 3.63) is 35.1 Å². The summed E-state index contributed by atoms with van der Waals surface area (Å²) in [4.78, 5) is 11.7. The van der Waals surface area contributed by atoms with Crippen LogP contribution in [-0.4, -0.2) is 11.9 Å². The Balaban J connectivity index is 2.13. The van der Waals surface area contributed by atoms with Crippen LogP contribution in [0.25, 0.3) is 0 Å². The fourth-order valence-corrected chi connectivity index (χ4v) is 2.87. The highest BCUT2D eigenvalue weighted by Crippen LogP contribution is 2.22. The molecule has 110 valence electrons. The average molecular weight is 278 g/mol. The zero-order valence-electron chi connectivity index (χ0n) is 12.0. The molecule has 0 heterocycles. The van der Waals surface area contributed by atoms with Gasteiger partial charge in [0.05, 0.1) is 0 Å². The first kappa shape index (κ1) is 15.0. The Morgan fingerprint density at radius 3 is 2.50 bits per heavy atom. The lowest BCUT2D eigenvalue weighted by atomic mass is 10.0. The van der Waals surface area contributed by atoms with E-state index in [0.29, 0.717) is 11.6 Å². The summed E-state index contributed by atoms with van der Waals surface area (Å²) in [5.41, 5.74) is 6.81. The molecule has 1 amide bonds. The van der Waals surface area contributed by atoms with Crippen LogP contribution in [0.2, 0.25) is 0 Å². The predicted octanol–water partition coefficient (Wildman–Crippen LogP) is 2.97. The van der Waals surface area contributed by atoms with Gasteiger partial charge in [0.25, 0.3) is 0 Å². The Hall–Kier alpha value is -1.42. The van der Waals surface area contributed by atoms with Crippen LogP contribution in [0.1, 0.15) is 55.7 Å². The minimum absolute atomic E-state index is 0.258. The largest absolute Gasteiger partial charge is 0.368 e. The summed E-state index contributed by atoms with van der Waals surface area (Å²) in [5, 5.41) is 3.36. The molecule has 3 nitrogen and oxygen atoms in total. The summed E-state index contributed by atoms with van der Waals surface area (Å²) in [6, 6.07) is 4.53. The van der Waals surface area contributed by atoms with E-state index in [0.717, 1.165) is 18.4 Å². The number of benzene rings is 1. The van der Waals surface area contributed by atoms with Gasteiger partial charge in [-0.1, -0.05) is 37.8 Å². The smallest absolute Gasteiger partial charge is 0.239 e. The van der Waals surface area contributed by atoms with Crippen LogP contribution in [0.3, 0.4) is 0 Å². The molecule has 0 aliphatic heterocycles. The normalized spacial score (nSPS) is 18.5. The Labute approximate surface area is 119 Å². The van der Waals surface area contributed by atoms with Crippen LogP contribution in [-0.2, 0) is 4.79 Å². The maximum absolute atomic E-state index is 13.3. The number of hydrogen-bond acceptors (Lipinski definition) is 2. The van der Waals surface area contributed by atoms with Crippen molar-refractivity contribution in [3.8, 4) is 0 Å². The standard InChI is InChI=1S/C16H23FN2O/c1-11-10-12(8-9-14(11)17)15(16(18)20)19-13-6-4-2-3-5-7-13/h8-10,13,15,19H,2-7H2,1H3,(H2,18,20).